The lowest BCUT2D eigenvalue weighted by Crippen LogP contribution is -2.12. The van der Waals surface area contributed by atoms with Crippen LogP contribution in [0.15, 0.2) is 21.9 Å². The number of hydrogen-bond donors (Lipinski definition) is 1. The molecule has 0 spiro atoms. The molecule has 0 saturated carbocycles. The number of primary amides is 1. The number of thiophene rings is 1. The lowest BCUT2D eigenvalue weighted by Gasteiger charge is -1.84. The molecule has 4 nitrogen and oxygen atoms in total. The Labute approximate surface area is 84.4 Å². The number of rotatable bonds is 2. The summed E-state index contributed by atoms with van der Waals surface area (Å²) in [4.78, 5) is 15.8. The van der Waals surface area contributed by atoms with Gasteiger partial charge in [-0.1, -0.05) is 6.07 Å². The van der Waals surface area contributed by atoms with Crippen molar-refractivity contribution in [1.29, 1.82) is 0 Å². The Morgan fingerprint density at radius 1 is 1.64 bits per heavy atom. The zero-order chi connectivity index (χ0) is 10.1. The van der Waals surface area contributed by atoms with Crippen LogP contribution in [0.3, 0.4) is 0 Å². The summed E-state index contributed by atoms with van der Waals surface area (Å²) in [7, 11) is 0. The molecule has 0 saturated heterocycles. The molecule has 0 atom stereocenters. The molecular formula is C9H8N2O2S. The highest BCUT2D eigenvalue weighted by molar-refractivity contribution is 7.13. The minimum absolute atomic E-state index is 0.202. The van der Waals surface area contributed by atoms with Gasteiger partial charge in [-0.05, 0) is 18.4 Å². The van der Waals surface area contributed by atoms with E-state index in [1.54, 1.807) is 6.92 Å². The second-order valence-corrected chi connectivity index (χ2v) is 3.71. The first-order valence-corrected chi connectivity index (χ1v) is 4.87. The molecule has 5 heteroatoms. The van der Waals surface area contributed by atoms with Crippen LogP contribution >= 0.6 is 11.3 Å². The fourth-order valence-electron chi connectivity index (χ4n) is 1.13. The average Bonchev–Trinajstić information content (AvgIpc) is 2.70. The SMILES string of the molecule is Cc1oc(-c2cccs2)nc1C(N)=O. The second kappa shape index (κ2) is 3.26. The summed E-state index contributed by atoms with van der Waals surface area (Å²) in [5.74, 6) is 0.348. The van der Waals surface area contributed by atoms with Crippen LogP contribution in [0.5, 0.6) is 0 Å². The molecule has 2 aromatic rings. The van der Waals surface area contributed by atoms with E-state index in [9.17, 15) is 4.79 Å². The van der Waals surface area contributed by atoms with E-state index >= 15 is 0 Å². The van der Waals surface area contributed by atoms with Crippen molar-refractivity contribution in [3.8, 4) is 10.8 Å². The third-order valence-electron chi connectivity index (χ3n) is 1.76. The molecule has 2 N–H and O–H groups in total. The van der Waals surface area contributed by atoms with E-state index in [4.69, 9.17) is 10.2 Å². The maximum atomic E-state index is 10.9. The van der Waals surface area contributed by atoms with Gasteiger partial charge in [-0.2, -0.15) is 0 Å². The van der Waals surface area contributed by atoms with Gasteiger partial charge in [0.2, 0.25) is 5.89 Å². The van der Waals surface area contributed by atoms with Gasteiger partial charge < -0.3 is 10.2 Å². The number of carbonyl (C=O) groups is 1. The summed E-state index contributed by atoms with van der Waals surface area (Å²) in [6.07, 6.45) is 0. The molecular weight excluding hydrogens is 200 g/mol. The monoisotopic (exact) mass is 208 g/mol. The maximum absolute atomic E-state index is 10.9. The van der Waals surface area contributed by atoms with Crippen molar-refractivity contribution in [2.45, 2.75) is 6.92 Å². The first-order chi connectivity index (χ1) is 6.68. The van der Waals surface area contributed by atoms with Crippen molar-refractivity contribution in [2.24, 2.45) is 5.73 Å². The molecule has 72 valence electrons. The van der Waals surface area contributed by atoms with Crippen LogP contribution in [0.2, 0.25) is 0 Å². The summed E-state index contributed by atoms with van der Waals surface area (Å²) < 4.78 is 5.32. The fraction of sp³-hybridized carbons (Fsp3) is 0.111. The van der Waals surface area contributed by atoms with Gasteiger partial charge in [-0.25, -0.2) is 4.98 Å². The fourth-order valence-corrected chi connectivity index (χ4v) is 1.78. The van der Waals surface area contributed by atoms with Crippen LogP contribution < -0.4 is 5.73 Å². The summed E-state index contributed by atoms with van der Waals surface area (Å²) >= 11 is 1.50. The van der Waals surface area contributed by atoms with Crippen molar-refractivity contribution < 1.29 is 9.21 Å². The van der Waals surface area contributed by atoms with Gasteiger partial charge in [0.15, 0.2) is 5.69 Å². The Morgan fingerprint density at radius 3 is 2.93 bits per heavy atom. The van der Waals surface area contributed by atoms with Crippen molar-refractivity contribution >= 4 is 17.2 Å². The molecule has 0 aliphatic rings. The van der Waals surface area contributed by atoms with Crippen LogP contribution in [0.1, 0.15) is 16.2 Å². The standard InChI is InChI=1S/C9H8N2O2S/c1-5-7(8(10)12)11-9(13-5)6-3-2-4-14-6/h2-4H,1H3,(H2,10,12). The maximum Gasteiger partial charge on any atom is 0.270 e. The molecule has 0 aliphatic heterocycles. The van der Waals surface area contributed by atoms with Crippen LogP contribution in [-0.4, -0.2) is 10.9 Å². The zero-order valence-electron chi connectivity index (χ0n) is 7.48. The Hall–Kier alpha value is -1.62. The lowest BCUT2D eigenvalue weighted by molar-refractivity contribution is 0.0995. The Balaban J connectivity index is 2.48. The molecule has 14 heavy (non-hydrogen) atoms. The van der Waals surface area contributed by atoms with E-state index < -0.39 is 5.91 Å². The first kappa shape index (κ1) is 8.96. The normalized spacial score (nSPS) is 10.4. The Kier molecular flexibility index (Phi) is 2.09. The minimum atomic E-state index is -0.561. The Bertz CT molecular complexity index is 459. The smallest absolute Gasteiger partial charge is 0.270 e. The lowest BCUT2D eigenvalue weighted by atomic mass is 10.3. The topological polar surface area (TPSA) is 69.1 Å². The molecule has 2 heterocycles. The predicted octanol–water partition coefficient (Wildman–Crippen LogP) is 1.81. The predicted molar refractivity (Wildman–Crippen MR) is 53.1 cm³/mol. The number of nitrogens with zero attached hydrogens (tertiary/aromatic N) is 1. The van der Waals surface area contributed by atoms with Crippen LogP contribution in [0, 0.1) is 6.92 Å². The number of nitrogens with two attached hydrogens (primary N) is 1. The number of amides is 1. The van der Waals surface area contributed by atoms with E-state index in [1.807, 2.05) is 17.5 Å². The minimum Gasteiger partial charge on any atom is -0.440 e. The van der Waals surface area contributed by atoms with Gasteiger partial charge >= 0.3 is 0 Å². The molecule has 0 unspecified atom stereocenters. The highest BCUT2D eigenvalue weighted by Crippen LogP contribution is 2.25. The number of aryl methyl sites for hydroxylation is 1. The zero-order valence-corrected chi connectivity index (χ0v) is 8.30. The molecule has 0 fully saturated rings. The van der Waals surface area contributed by atoms with Gasteiger partial charge in [-0.3, -0.25) is 4.79 Å². The van der Waals surface area contributed by atoms with E-state index in [-0.39, 0.29) is 5.69 Å². The highest BCUT2D eigenvalue weighted by atomic mass is 32.1. The van der Waals surface area contributed by atoms with Crippen molar-refractivity contribution in [1.82, 2.24) is 4.98 Å². The van der Waals surface area contributed by atoms with Gasteiger partial charge in [0, 0.05) is 0 Å². The quantitative estimate of drug-likeness (QED) is 0.818. The van der Waals surface area contributed by atoms with Crippen molar-refractivity contribution in [3.63, 3.8) is 0 Å². The molecule has 0 radical (unpaired) electrons. The third-order valence-corrected chi connectivity index (χ3v) is 2.62. The van der Waals surface area contributed by atoms with Gasteiger partial charge in [0.05, 0.1) is 4.88 Å². The molecule has 0 aliphatic carbocycles. The average molecular weight is 208 g/mol. The van der Waals surface area contributed by atoms with E-state index in [1.165, 1.54) is 11.3 Å². The molecule has 0 bridgehead atoms. The number of carbonyl (C=O) groups excluding carboxylic acids is 1. The largest absolute Gasteiger partial charge is 0.440 e. The van der Waals surface area contributed by atoms with Crippen LogP contribution in [0.4, 0.5) is 0 Å². The van der Waals surface area contributed by atoms with E-state index in [0.717, 1.165) is 4.88 Å². The van der Waals surface area contributed by atoms with E-state index in [2.05, 4.69) is 4.98 Å². The third kappa shape index (κ3) is 1.42. The van der Waals surface area contributed by atoms with E-state index in [0.29, 0.717) is 11.7 Å². The van der Waals surface area contributed by atoms with Gasteiger partial charge in [0.1, 0.15) is 5.76 Å². The van der Waals surface area contributed by atoms with Gasteiger partial charge in [0.25, 0.3) is 5.91 Å². The second-order valence-electron chi connectivity index (χ2n) is 2.77. The summed E-state index contributed by atoms with van der Waals surface area (Å²) in [6.45, 7) is 1.67. The molecule has 1 amide bonds. The van der Waals surface area contributed by atoms with Crippen LogP contribution in [0.25, 0.3) is 10.8 Å². The number of oxazole rings is 1. The summed E-state index contributed by atoms with van der Waals surface area (Å²) in [6, 6.07) is 3.77. The summed E-state index contributed by atoms with van der Waals surface area (Å²) in [5, 5.41) is 1.92. The highest BCUT2D eigenvalue weighted by Gasteiger charge is 2.15. The molecule has 2 aromatic heterocycles. The van der Waals surface area contributed by atoms with Crippen molar-refractivity contribution in [3.05, 3.63) is 29.0 Å². The Morgan fingerprint density at radius 2 is 2.43 bits per heavy atom. The van der Waals surface area contributed by atoms with Crippen LogP contribution in [-0.2, 0) is 0 Å². The number of aromatic nitrogens is 1. The van der Waals surface area contributed by atoms with Crippen molar-refractivity contribution in [2.75, 3.05) is 0 Å². The molecule has 2 rings (SSSR count). The molecule has 0 aromatic carbocycles. The first-order valence-electron chi connectivity index (χ1n) is 3.99. The summed E-state index contributed by atoms with van der Waals surface area (Å²) in [5.41, 5.74) is 5.33. The number of hydrogen-bond acceptors (Lipinski definition) is 4. The van der Waals surface area contributed by atoms with Gasteiger partial charge in [-0.15, -0.1) is 11.3 Å².